The van der Waals surface area contributed by atoms with E-state index in [4.69, 9.17) is 14.5 Å². The van der Waals surface area contributed by atoms with E-state index in [1.54, 1.807) is 4.90 Å². The summed E-state index contributed by atoms with van der Waals surface area (Å²) in [4.78, 5) is 42.2. The number of aromatic nitrogens is 2. The number of para-hydroxylation sites is 2. The standard InChI is InChI=1S/C30H35N7O4/c1-3-25(38)37-16-15-36(17-20(37)11-13-31)28-22-10-12-30(19-32-23-8-4-5-9-24(23)41-30)27(39)26(22)33-29(34-28)40-18-21-7-6-14-35(21)2/h3-5,8-9,20-21,32H,1,6-7,10-12,14-19H2,2H3. The van der Waals surface area contributed by atoms with Gasteiger partial charge in [0.25, 0.3) is 0 Å². The van der Waals surface area contributed by atoms with Crippen LogP contribution in [-0.4, -0.2) is 95.5 Å². The minimum Gasteiger partial charge on any atom is -0.475 e. The average Bonchev–Trinajstić information content (AvgIpc) is 3.42. The van der Waals surface area contributed by atoms with Gasteiger partial charge >= 0.3 is 6.01 Å². The number of amides is 1. The van der Waals surface area contributed by atoms with Gasteiger partial charge in [-0.05, 0) is 51.1 Å². The number of hydrogen-bond donors (Lipinski definition) is 1. The van der Waals surface area contributed by atoms with Gasteiger partial charge in [-0.1, -0.05) is 18.7 Å². The van der Waals surface area contributed by atoms with Crippen molar-refractivity contribution in [2.45, 2.75) is 49.8 Å². The van der Waals surface area contributed by atoms with Crippen molar-refractivity contribution in [2.75, 3.05) is 56.6 Å². The Labute approximate surface area is 239 Å². The van der Waals surface area contributed by atoms with Crippen LogP contribution in [0.5, 0.6) is 11.8 Å². The van der Waals surface area contributed by atoms with Crippen LogP contribution < -0.4 is 19.7 Å². The van der Waals surface area contributed by atoms with Crippen LogP contribution in [-0.2, 0) is 11.2 Å². The second-order valence-electron chi connectivity index (χ2n) is 11.2. The fourth-order valence-corrected chi connectivity index (χ4v) is 6.40. The predicted octanol–water partition coefficient (Wildman–Crippen LogP) is 2.44. The van der Waals surface area contributed by atoms with Gasteiger partial charge < -0.3 is 29.5 Å². The van der Waals surface area contributed by atoms with Crippen molar-refractivity contribution in [1.82, 2.24) is 19.8 Å². The SMILES string of the molecule is C=CC(=O)N1CCN(c2nc(OCC3CCCN3C)nc3c2CCC2(CNc4ccccc4O2)C3=O)CC1CC#N. The summed E-state index contributed by atoms with van der Waals surface area (Å²) in [6, 6.07) is 9.92. The first kappa shape index (κ1) is 27.0. The van der Waals surface area contributed by atoms with E-state index < -0.39 is 5.60 Å². The van der Waals surface area contributed by atoms with Gasteiger partial charge in [0.15, 0.2) is 5.60 Å². The largest absolute Gasteiger partial charge is 0.475 e. The number of nitriles is 1. The van der Waals surface area contributed by atoms with Gasteiger partial charge in [-0.15, -0.1) is 0 Å². The molecule has 0 saturated carbocycles. The molecule has 11 heteroatoms. The Morgan fingerprint density at radius 2 is 2.15 bits per heavy atom. The number of nitrogens with zero attached hydrogens (tertiary/aromatic N) is 6. The molecule has 1 aromatic carbocycles. The van der Waals surface area contributed by atoms with Crippen LogP contribution in [0.25, 0.3) is 0 Å². The lowest BCUT2D eigenvalue weighted by atomic mass is 9.80. The lowest BCUT2D eigenvalue weighted by Crippen LogP contribution is -2.57. The molecule has 3 aliphatic heterocycles. The van der Waals surface area contributed by atoms with Gasteiger partial charge in [0, 0.05) is 37.7 Å². The third-order valence-electron chi connectivity index (χ3n) is 8.77. The molecule has 3 unspecified atom stereocenters. The van der Waals surface area contributed by atoms with E-state index in [0.29, 0.717) is 62.9 Å². The Morgan fingerprint density at radius 1 is 1.29 bits per heavy atom. The molecule has 3 atom stereocenters. The first-order valence-electron chi connectivity index (χ1n) is 14.3. The summed E-state index contributed by atoms with van der Waals surface area (Å²) >= 11 is 0. The zero-order valence-electron chi connectivity index (χ0n) is 23.3. The number of nitrogens with one attached hydrogen (secondary N) is 1. The smallest absolute Gasteiger partial charge is 0.319 e. The molecule has 11 nitrogen and oxygen atoms in total. The highest BCUT2D eigenvalue weighted by molar-refractivity contribution is 6.05. The third-order valence-corrected chi connectivity index (χ3v) is 8.77. The van der Waals surface area contributed by atoms with Gasteiger partial charge in [-0.25, -0.2) is 0 Å². The molecule has 2 saturated heterocycles. The maximum absolute atomic E-state index is 14.2. The van der Waals surface area contributed by atoms with Crippen molar-refractivity contribution in [3.63, 3.8) is 0 Å². The van der Waals surface area contributed by atoms with Crippen molar-refractivity contribution >= 4 is 23.2 Å². The van der Waals surface area contributed by atoms with Gasteiger partial charge in [0.1, 0.15) is 23.9 Å². The molecule has 1 aliphatic carbocycles. The Bertz CT molecular complexity index is 1410. The molecule has 1 aromatic heterocycles. The van der Waals surface area contributed by atoms with E-state index in [9.17, 15) is 14.9 Å². The van der Waals surface area contributed by atoms with Crippen LogP contribution in [0.15, 0.2) is 36.9 Å². The number of carbonyl (C=O) groups is 2. The van der Waals surface area contributed by atoms with Crippen LogP contribution >= 0.6 is 0 Å². The van der Waals surface area contributed by atoms with Gasteiger partial charge in [0.2, 0.25) is 11.7 Å². The first-order valence-corrected chi connectivity index (χ1v) is 14.3. The molecule has 1 N–H and O–H groups in total. The summed E-state index contributed by atoms with van der Waals surface area (Å²) in [5.41, 5.74) is 0.862. The third kappa shape index (κ3) is 4.97. The van der Waals surface area contributed by atoms with Crippen LogP contribution in [0, 0.1) is 11.3 Å². The van der Waals surface area contributed by atoms with Crippen LogP contribution in [0.4, 0.5) is 11.5 Å². The molecule has 1 spiro atoms. The summed E-state index contributed by atoms with van der Waals surface area (Å²) in [5.74, 6) is 0.888. The van der Waals surface area contributed by atoms with E-state index in [1.165, 1.54) is 6.08 Å². The summed E-state index contributed by atoms with van der Waals surface area (Å²) in [6.45, 7) is 6.74. The molecule has 0 radical (unpaired) electrons. The Kier molecular flexibility index (Phi) is 7.26. The number of hydrogen-bond acceptors (Lipinski definition) is 10. The van der Waals surface area contributed by atoms with Crippen molar-refractivity contribution in [3.8, 4) is 17.8 Å². The van der Waals surface area contributed by atoms with Gasteiger partial charge in [-0.3, -0.25) is 9.59 Å². The summed E-state index contributed by atoms with van der Waals surface area (Å²) in [5, 5.41) is 12.9. The summed E-state index contributed by atoms with van der Waals surface area (Å²) in [6.07, 6.45) is 4.63. The molecule has 1 amide bonds. The van der Waals surface area contributed by atoms with Crippen LogP contribution in [0.3, 0.4) is 0 Å². The molecular weight excluding hydrogens is 522 g/mol. The minimum atomic E-state index is -1.08. The summed E-state index contributed by atoms with van der Waals surface area (Å²) < 4.78 is 12.5. The van der Waals surface area contributed by atoms with Crippen molar-refractivity contribution < 1.29 is 19.1 Å². The molecular formula is C30H35N7O4. The van der Waals surface area contributed by atoms with Crippen molar-refractivity contribution in [2.24, 2.45) is 0 Å². The minimum absolute atomic E-state index is 0.162. The molecule has 2 fully saturated rings. The molecule has 41 heavy (non-hydrogen) atoms. The Hall–Kier alpha value is -4.17. The topological polar surface area (TPSA) is 124 Å². The molecule has 214 valence electrons. The quantitative estimate of drug-likeness (QED) is 0.530. The Morgan fingerprint density at radius 3 is 2.93 bits per heavy atom. The molecule has 0 bridgehead atoms. The lowest BCUT2D eigenvalue weighted by molar-refractivity contribution is -0.128. The number of ketones is 1. The van der Waals surface area contributed by atoms with Crippen molar-refractivity contribution in [1.29, 1.82) is 5.26 Å². The number of Topliss-reactive ketones (excluding diaryl/α,β-unsaturated/α-hetero) is 1. The number of piperazine rings is 1. The van der Waals surface area contributed by atoms with Crippen LogP contribution in [0.2, 0.25) is 0 Å². The van der Waals surface area contributed by atoms with Gasteiger partial charge in [-0.2, -0.15) is 15.2 Å². The number of anilines is 2. The highest BCUT2D eigenvalue weighted by Gasteiger charge is 2.49. The van der Waals surface area contributed by atoms with Crippen LogP contribution in [0.1, 0.15) is 41.7 Å². The maximum Gasteiger partial charge on any atom is 0.319 e. The molecule has 4 aliphatic rings. The molecule has 4 heterocycles. The second kappa shape index (κ2) is 11.0. The van der Waals surface area contributed by atoms with E-state index in [1.807, 2.05) is 24.3 Å². The number of rotatable bonds is 6. The average molecular weight is 558 g/mol. The second-order valence-corrected chi connectivity index (χ2v) is 11.2. The lowest BCUT2D eigenvalue weighted by Gasteiger charge is -2.43. The maximum atomic E-state index is 14.2. The first-order chi connectivity index (χ1) is 19.9. The number of likely N-dealkylation sites (tertiary alicyclic amines) is 1. The van der Waals surface area contributed by atoms with Crippen molar-refractivity contribution in [3.05, 3.63) is 48.2 Å². The van der Waals surface area contributed by atoms with E-state index >= 15 is 0 Å². The molecule has 6 rings (SSSR count). The number of likely N-dealkylation sites (N-methyl/N-ethyl adjacent to an activating group) is 1. The zero-order valence-corrected chi connectivity index (χ0v) is 23.3. The normalized spacial score (nSPS) is 25.5. The fraction of sp³-hybridized carbons (Fsp3) is 0.500. The predicted molar refractivity (Wildman–Crippen MR) is 152 cm³/mol. The Balaban J connectivity index is 1.34. The fourth-order valence-electron chi connectivity index (χ4n) is 6.40. The zero-order chi connectivity index (χ0) is 28.6. The summed E-state index contributed by atoms with van der Waals surface area (Å²) in [7, 11) is 2.08. The number of carbonyl (C=O) groups excluding carboxylic acids is 2. The van der Waals surface area contributed by atoms with E-state index in [-0.39, 0.29) is 36.2 Å². The molecule has 2 aromatic rings. The number of benzene rings is 1. The highest BCUT2D eigenvalue weighted by atomic mass is 16.5. The van der Waals surface area contributed by atoms with E-state index in [0.717, 1.165) is 30.6 Å². The van der Waals surface area contributed by atoms with E-state index in [2.05, 4.69) is 39.8 Å². The monoisotopic (exact) mass is 557 g/mol. The number of fused-ring (bicyclic) bond motifs is 2. The number of ether oxygens (including phenoxy) is 2. The van der Waals surface area contributed by atoms with Gasteiger partial charge in [0.05, 0.1) is 30.8 Å². The highest BCUT2D eigenvalue weighted by Crippen LogP contribution is 2.41.